The van der Waals surface area contributed by atoms with Crippen LogP contribution >= 0.6 is 12.2 Å². The summed E-state index contributed by atoms with van der Waals surface area (Å²) in [4.78, 5) is 17.2. The van der Waals surface area contributed by atoms with Crippen molar-refractivity contribution < 1.29 is 22.7 Å². The van der Waals surface area contributed by atoms with Crippen molar-refractivity contribution in [2.75, 3.05) is 0 Å². The van der Waals surface area contributed by atoms with Crippen molar-refractivity contribution in [2.45, 2.75) is 12.4 Å². The number of thiocarbonyl (C=S) groups is 1. The van der Waals surface area contributed by atoms with Gasteiger partial charge in [0, 0.05) is 11.1 Å². The maximum absolute atomic E-state index is 12.9. The first-order chi connectivity index (χ1) is 12.3. The predicted molar refractivity (Wildman–Crippen MR) is 92.4 cm³/mol. The third kappa shape index (κ3) is 2.86. The van der Waals surface area contributed by atoms with Gasteiger partial charge in [0.25, 0.3) is 0 Å². The van der Waals surface area contributed by atoms with Crippen molar-refractivity contribution >= 4 is 28.8 Å². The number of nitrogens with one attached hydrogen (secondary N) is 1. The molecule has 4 nitrogen and oxygen atoms in total. The minimum absolute atomic E-state index is 0.138. The normalized spacial score (nSPS) is 21.6. The SMILES string of the molecule is O=C1c2ccccc2C2=NC(=S)NC(c3cccc(OC(F)(F)F)c3)C12. The number of fused-ring (bicyclic) bond motifs is 3. The van der Waals surface area contributed by atoms with Gasteiger partial charge in [0.1, 0.15) is 5.75 Å². The second-order valence-electron chi connectivity index (χ2n) is 5.93. The Morgan fingerprint density at radius 1 is 1.08 bits per heavy atom. The zero-order chi connectivity index (χ0) is 18.5. The van der Waals surface area contributed by atoms with E-state index in [2.05, 4.69) is 15.0 Å². The summed E-state index contributed by atoms with van der Waals surface area (Å²) < 4.78 is 41.5. The topological polar surface area (TPSA) is 50.7 Å². The van der Waals surface area contributed by atoms with Crippen LogP contribution in [0.3, 0.4) is 0 Å². The van der Waals surface area contributed by atoms with Gasteiger partial charge in [0.2, 0.25) is 0 Å². The summed E-state index contributed by atoms with van der Waals surface area (Å²) in [5.41, 5.74) is 2.25. The van der Waals surface area contributed by atoms with Gasteiger partial charge in [-0.05, 0) is 29.9 Å². The maximum atomic E-state index is 12.9. The number of ether oxygens (including phenoxy) is 1. The molecule has 0 saturated carbocycles. The smallest absolute Gasteiger partial charge is 0.406 e. The molecule has 0 bridgehead atoms. The van der Waals surface area contributed by atoms with Gasteiger partial charge in [0.05, 0.1) is 17.7 Å². The van der Waals surface area contributed by atoms with E-state index in [4.69, 9.17) is 12.2 Å². The van der Waals surface area contributed by atoms with Crippen molar-refractivity contribution in [1.82, 2.24) is 5.32 Å². The molecule has 0 fully saturated rings. The number of aliphatic imine (C=N–C) groups is 1. The molecule has 0 saturated heterocycles. The summed E-state index contributed by atoms with van der Waals surface area (Å²) in [6, 6.07) is 12.0. The molecule has 1 heterocycles. The Kier molecular flexibility index (Phi) is 3.80. The summed E-state index contributed by atoms with van der Waals surface area (Å²) in [6.45, 7) is 0. The molecular formula is C18H11F3N2O2S. The van der Waals surface area contributed by atoms with Crippen LogP contribution in [0.1, 0.15) is 27.5 Å². The first-order valence-electron chi connectivity index (χ1n) is 7.72. The lowest BCUT2D eigenvalue weighted by molar-refractivity contribution is -0.274. The molecule has 2 aromatic carbocycles. The number of benzene rings is 2. The van der Waals surface area contributed by atoms with Crippen LogP contribution in [0, 0.1) is 5.92 Å². The number of hydrogen-bond donors (Lipinski definition) is 1. The number of Topliss-reactive ketones (excluding diaryl/α,β-unsaturated/α-hetero) is 1. The Morgan fingerprint density at radius 2 is 1.81 bits per heavy atom. The first kappa shape index (κ1) is 16.7. The summed E-state index contributed by atoms with van der Waals surface area (Å²) >= 11 is 5.17. The lowest BCUT2D eigenvalue weighted by Crippen LogP contribution is -2.41. The van der Waals surface area contributed by atoms with Gasteiger partial charge in [-0.2, -0.15) is 0 Å². The average Bonchev–Trinajstić information content (AvgIpc) is 2.86. The monoisotopic (exact) mass is 376 g/mol. The number of ketones is 1. The number of rotatable bonds is 2. The molecular weight excluding hydrogens is 365 g/mol. The van der Waals surface area contributed by atoms with Gasteiger partial charge in [0.15, 0.2) is 10.9 Å². The van der Waals surface area contributed by atoms with Crippen LogP contribution in [0.5, 0.6) is 5.75 Å². The Bertz CT molecular complexity index is 955. The molecule has 26 heavy (non-hydrogen) atoms. The number of hydrogen-bond acceptors (Lipinski definition) is 3. The summed E-state index contributed by atoms with van der Waals surface area (Å²) in [6.07, 6.45) is -4.79. The second-order valence-corrected chi connectivity index (χ2v) is 6.32. The summed E-state index contributed by atoms with van der Waals surface area (Å²) in [7, 11) is 0. The standard InChI is InChI=1S/C18H11F3N2O2S/c19-18(20,21)25-10-5-3-4-9(8-10)14-13-15(23-17(26)22-14)11-6-1-2-7-12(11)16(13)24/h1-8,13-14H,(H,22,26). The van der Waals surface area contributed by atoms with Crippen molar-refractivity contribution in [2.24, 2.45) is 10.9 Å². The molecule has 2 aromatic rings. The van der Waals surface area contributed by atoms with Crippen molar-refractivity contribution in [3.05, 3.63) is 65.2 Å². The van der Waals surface area contributed by atoms with Gasteiger partial charge >= 0.3 is 6.36 Å². The lowest BCUT2D eigenvalue weighted by Gasteiger charge is -2.29. The molecule has 1 aliphatic heterocycles. The van der Waals surface area contributed by atoms with E-state index in [0.717, 1.165) is 0 Å². The van der Waals surface area contributed by atoms with E-state index in [-0.39, 0.29) is 16.6 Å². The highest BCUT2D eigenvalue weighted by atomic mass is 32.1. The van der Waals surface area contributed by atoms with E-state index >= 15 is 0 Å². The predicted octanol–water partition coefficient (Wildman–Crippen LogP) is 3.82. The molecule has 1 aliphatic carbocycles. The van der Waals surface area contributed by atoms with Gasteiger partial charge in [-0.15, -0.1) is 13.2 Å². The molecule has 1 N–H and O–H groups in total. The van der Waals surface area contributed by atoms with Crippen LogP contribution in [0.25, 0.3) is 0 Å². The Hall–Kier alpha value is -2.74. The molecule has 2 atom stereocenters. The zero-order valence-corrected chi connectivity index (χ0v) is 13.9. The minimum Gasteiger partial charge on any atom is -0.406 e. The van der Waals surface area contributed by atoms with Crippen molar-refractivity contribution in [1.29, 1.82) is 0 Å². The molecule has 0 amide bonds. The lowest BCUT2D eigenvalue weighted by atomic mass is 9.87. The van der Waals surface area contributed by atoms with E-state index < -0.39 is 18.3 Å². The van der Waals surface area contributed by atoms with Crippen molar-refractivity contribution in [3.8, 4) is 5.75 Å². The van der Waals surface area contributed by atoms with Gasteiger partial charge in [-0.3, -0.25) is 4.79 Å². The molecule has 0 spiro atoms. The highest BCUT2D eigenvalue weighted by Crippen LogP contribution is 2.39. The van der Waals surface area contributed by atoms with E-state index in [9.17, 15) is 18.0 Å². The van der Waals surface area contributed by atoms with Gasteiger partial charge in [-0.1, -0.05) is 36.4 Å². The fraction of sp³-hybridized carbons (Fsp3) is 0.167. The molecule has 2 unspecified atom stereocenters. The van der Waals surface area contributed by atoms with Crippen LogP contribution < -0.4 is 10.1 Å². The molecule has 132 valence electrons. The molecule has 2 aliphatic rings. The van der Waals surface area contributed by atoms with Crippen molar-refractivity contribution in [3.63, 3.8) is 0 Å². The van der Waals surface area contributed by atoms with E-state index in [1.165, 1.54) is 18.2 Å². The third-order valence-electron chi connectivity index (χ3n) is 4.33. The molecule has 0 aromatic heterocycles. The molecule has 0 radical (unpaired) electrons. The van der Waals surface area contributed by atoms with Crippen LogP contribution in [-0.4, -0.2) is 23.0 Å². The highest BCUT2D eigenvalue weighted by Gasteiger charge is 2.45. The fourth-order valence-electron chi connectivity index (χ4n) is 3.36. The van der Waals surface area contributed by atoms with Crippen LogP contribution in [0.4, 0.5) is 13.2 Å². The Morgan fingerprint density at radius 3 is 2.54 bits per heavy atom. The number of nitrogens with zero attached hydrogens (tertiary/aromatic N) is 1. The van der Waals surface area contributed by atoms with Crippen LogP contribution in [0.2, 0.25) is 0 Å². The number of carbonyl (C=O) groups excluding carboxylic acids is 1. The van der Waals surface area contributed by atoms with Gasteiger partial charge < -0.3 is 10.1 Å². The molecule has 4 rings (SSSR count). The second kappa shape index (κ2) is 5.91. The highest BCUT2D eigenvalue weighted by molar-refractivity contribution is 7.80. The largest absolute Gasteiger partial charge is 0.573 e. The quantitative estimate of drug-likeness (QED) is 0.810. The maximum Gasteiger partial charge on any atom is 0.573 e. The number of halogens is 3. The number of carbonyl (C=O) groups is 1. The molecule has 8 heteroatoms. The van der Waals surface area contributed by atoms with E-state index in [1.807, 2.05) is 0 Å². The Balaban J connectivity index is 1.75. The van der Waals surface area contributed by atoms with Crippen LogP contribution in [0.15, 0.2) is 53.5 Å². The third-order valence-corrected chi connectivity index (χ3v) is 4.54. The van der Waals surface area contributed by atoms with E-state index in [0.29, 0.717) is 22.4 Å². The summed E-state index contributed by atoms with van der Waals surface area (Å²) in [5, 5.41) is 3.13. The zero-order valence-electron chi connectivity index (χ0n) is 13.1. The van der Waals surface area contributed by atoms with E-state index in [1.54, 1.807) is 30.3 Å². The number of alkyl halides is 3. The van der Waals surface area contributed by atoms with Crippen LogP contribution in [-0.2, 0) is 0 Å². The Labute approximate surface area is 151 Å². The van der Waals surface area contributed by atoms with Gasteiger partial charge in [-0.25, -0.2) is 4.99 Å². The average molecular weight is 376 g/mol. The fourth-order valence-corrected chi connectivity index (χ4v) is 3.58. The summed E-state index contributed by atoms with van der Waals surface area (Å²) in [5.74, 6) is -1.14. The minimum atomic E-state index is -4.79. The first-order valence-corrected chi connectivity index (χ1v) is 8.13.